The molecule has 0 N–H and O–H groups in total. The van der Waals surface area contributed by atoms with Gasteiger partial charge in [-0.3, -0.25) is 9.69 Å². The van der Waals surface area contributed by atoms with Gasteiger partial charge < -0.3 is 9.80 Å². The second-order valence-corrected chi connectivity index (χ2v) is 7.87. The second kappa shape index (κ2) is 8.13. The number of amides is 1. The summed E-state index contributed by atoms with van der Waals surface area (Å²) in [4.78, 5) is 20.1. The Morgan fingerprint density at radius 1 is 1.00 bits per heavy atom. The van der Waals surface area contributed by atoms with E-state index in [4.69, 9.17) is 0 Å². The van der Waals surface area contributed by atoms with Crippen LogP contribution < -0.4 is 4.90 Å². The third-order valence-electron chi connectivity index (χ3n) is 5.88. The fourth-order valence-corrected chi connectivity index (χ4v) is 4.38. The van der Waals surface area contributed by atoms with Crippen molar-refractivity contribution in [3.05, 3.63) is 65.7 Å². The van der Waals surface area contributed by atoms with Crippen molar-refractivity contribution in [1.29, 1.82) is 0 Å². The van der Waals surface area contributed by atoms with Crippen LogP contribution in [-0.2, 0) is 17.9 Å². The Hall–Kier alpha value is -2.33. The van der Waals surface area contributed by atoms with E-state index in [1.807, 2.05) is 0 Å². The Balaban J connectivity index is 1.43. The summed E-state index contributed by atoms with van der Waals surface area (Å²) in [7, 11) is 2.12. The highest BCUT2D eigenvalue weighted by Crippen LogP contribution is 2.26. The van der Waals surface area contributed by atoms with E-state index < -0.39 is 0 Å². The molecule has 142 valence electrons. The Labute approximate surface area is 162 Å². The fourth-order valence-electron chi connectivity index (χ4n) is 4.38. The first kappa shape index (κ1) is 18.1. The van der Waals surface area contributed by atoms with E-state index in [1.165, 1.54) is 16.8 Å². The number of piperidine rings is 1. The largest absolute Gasteiger partial charge is 0.373 e. The number of benzene rings is 2. The zero-order valence-electron chi connectivity index (χ0n) is 16.2. The lowest BCUT2D eigenvalue weighted by Crippen LogP contribution is -2.45. The van der Waals surface area contributed by atoms with Crippen LogP contribution in [0.3, 0.4) is 0 Å². The van der Waals surface area contributed by atoms with E-state index >= 15 is 0 Å². The number of hydrogen-bond acceptors (Lipinski definition) is 3. The van der Waals surface area contributed by atoms with Crippen molar-refractivity contribution in [3.8, 4) is 0 Å². The molecule has 0 aliphatic carbocycles. The van der Waals surface area contributed by atoms with Gasteiger partial charge in [0.05, 0.1) is 5.92 Å². The predicted molar refractivity (Wildman–Crippen MR) is 110 cm³/mol. The first-order chi connectivity index (χ1) is 13.2. The van der Waals surface area contributed by atoms with Crippen molar-refractivity contribution in [3.63, 3.8) is 0 Å². The summed E-state index contributed by atoms with van der Waals surface area (Å²) in [6, 6.07) is 19.0. The summed E-state index contributed by atoms with van der Waals surface area (Å²) in [5.74, 6) is 0.455. The van der Waals surface area contributed by atoms with Crippen LogP contribution in [0.1, 0.15) is 24.0 Å². The van der Waals surface area contributed by atoms with Gasteiger partial charge in [0.1, 0.15) is 0 Å². The molecule has 4 rings (SSSR count). The molecular formula is C23H29N3O. The number of carbonyl (C=O) groups is 1. The molecule has 0 unspecified atom stereocenters. The van der Waals surface area contributed by atoms with Crippen LogP contribution in [0.15, 0.2) is 54.6 Å². The van der Waals surface area contributed by atoms with Gasteiger partial charge in [-0.2, -0.15) is 0 Å². The van der Waals surface area contributed by atoms with E-state index in [0.29, 0.717) is 5.91 Å². The number of carbonyl (C=O) groups excluding carboxylic acids is 1. The van der Waals surface area contributed by atoms with Crippen LogP contribution in [-0.4, -0.2) is 48.9 Å². The molecule has 4 nitrogen and oxygen atoms in total. The SMILES string of the molecule is CN1CCN(C(=O)[C@H]2CCCN(Cc3ccccc3)C2)Cc2ccccc21. The molecule has 0 radical (unpaired) electrons. The summed E-state index contributed by atoms with van der Waals surface area (Å²) in [6.45, 7) is 5.33. The molecule has 2 heterocycles. The van der Waals surface area contributed by atoms with Crippen molar-refractivity contribution in [2.75, 3.05) is 38.1 Å². The van der Waals surface area contributed by atoms with Crippen molar-refractivity contribution in [2.24, 2.45) is 5.92 Å². The molecule has 2 aromatic carbocycles. The van der Waals surface area contributed by atoms with Gasteiger partial charge in [0.25, 0.3) is 0 Å². The van der Waals surface area contributed by atoms with Gasteiger partial charge in [0, 0.05) is 45.5 Å². The number of likely N-dealkylation sites (N-methyl/N-ethyl adjacent to an activating group) is 1. The van der Waals surface area contributed by atoms with Gasteiger partial charge in [0.2, 0.25) is 5.91 Å². The molecular weight excluding hydrogens is 334 g/mol. The van der Waals surface area contributed by atoms with Gasteiger partial charge in [-0.25, -0.2) is 0 Å². The van der Waals surface area contributed by atoms with Gasteiger partial charge in [-0.05, 0) is 36.6 Å². The lowest BCUT2D eigenvalue weighted by Gasteiger charge is -2.34. The van der Waals surface area contributed by atoms with E-state index in [2.05, 4.69) is 76.3 Å². The maximum Gasteiger partial charge on any atom is 0.227 e. The summed E-state index contributed by atoms with van der Waals surface area (Å²) >= 11 is 0. The normalized spacial score (nSPS) is 20.9. The molecule has 0 spiro atoms. The number of likely N-dealkylation sites (tertiary alicyclic amines) is 1. The lowest BCUT2D eigenvalue weighted by atomic mass is 9.95. The quantitative estimate of drug-likeness (QED) is 0.836. The van der Waals surface area contributed by atoms with Gasteiger partial charge >= 0.3 is 0 Å². The van der Waals surface area contributed by atoms with Gasteiger partial charge in [0.15, 0.2) is 0 Å². The zero-order chi connectivity index (χ0) is 18.6. The standard InChI is InChI=1S/C23H29N3O/c1-24-14-15-26(18-20-10-5-6-12-22(20)24)23(27)21-11-7-13-25(17-21)16-19-8-3-2-4-9-19/h2-6,8-10,12,21H,7,11,13-18H2,1H3/t21-/m0/s1. The van der Waals surface area contributed by atoms with Crippen LogP contribution in [0.25, 0.3) is 0 Å². The maximum atomic E-state index is 13.3. The van der Waals surface area contributed by atoms with Crippen LogP contribution in [0.5, 0.6) is 0 Å². The molecule has 2 aliphatic rings. The molecule has 0 bridgehead atoms. The first-order valence-corrected chi connectivity index (χ1v) is 10.0. The highest BCUT2D eigenvalue weighted by Gasteiger charge is 2.30. The summed E-state index contributed by atoms with van der Waals surface area (Å²) in [5.41, 5.74) is 3.83. The number of anilines is 1. The summed E-state index contributed by atoms with van der Waals surface area (Å²) in [6.07, 6.45) is 2.12. The number of rotatable bonds is 3. The molecule has 2 aromatic rings. The molecule has 4 heteroatoms. The predicted octanol–water partition coefficient (Wildman–Crippen LogP) is 3.38. The maximum absolute atomic E-state index is 13.3. The van der Waals surface area contributed by atoms with Crippen LogP contribution in [0.4, 0.5) is 5.69 Å². The molecule has 1 amide bonds. The average Bonchev–Trinajstić information content (AvgIpc) is 2.88. The number of hydrogen-bond donors (Lipinski definition) is 0. The molecule has 1 atom stereocenters. The fraction of sp³-hybridized carbons (Fsp3) is 0.435. The molecule has 2 aliphatic heterocycles. The van der Waals surface area contributed by atoms with E-state index in [0.717, 1.165) is 52.1 Å². The van der Waals surface area contributed by atoms with Crippen molar-refractivity contribution in [2.45, 2.75) is 25.9 Å². The highest BCUT2D eigenvalue weighted by atomic mass is 16.2. The Morgan fingerprint density at radius 2 is 1.78 bits per heavy atom. The summed E-state index contributed by atoms with van der Waals surface area (Å²) < 4.78 is 0. The van der Waals surface area contributed by atoms with Gasteiger partial charge in [-0.1, -0.05) is 48.5 Å². The number of nitrogens with zero attached hydrogens (tertiary/aromatic N) is 3. The van der Waals surface area contributed by atoms with Crippen molar-refractivity contribution in [1.82, 2.24) is 9.80 Å². The second-order valence-electron chi connectivity index (χ2n) is 7.87. The Kier molecular flexibility index (Phi) is 5.44. The average molecular weight is 364 g/mol. The minimum absolute atomic E-state index is 0.123. The molecule has 0 aromatic heterocycles. The van der Waals surface area contributed by atoms with Crippen molar-refractivity contribution >= 4 is 11.6 Å². The third kappa shape index (κ3) is 4.16. The third-order valence-corrected chi connectivity index (χ3v) is 5.88. The smallest absolute Gasteiger partial charge is 0.227 e. The van der Waals surface area contributed by atoms with Gasteiger partial charge in [-0.15, -0.1) is 0 Å². The van der Waals surface area contributed by atoms with Crippen molar-refractivity contribution < 1.29 is 4.79 Å². The topological polar surface area (TPSA) is 26.8 Å². The number of fused-ring (bicyclic) bond motifs is 1. The van der Waals surface area contributed by atoms with Crippen LogP contribution in [0.2, 0.25) is 0 Å². The molecule has 1 fully saturated rings. The minimum atomic E-state index is 0.123. The Bertz CT molecular complexity index is 776. The first-order valence-electron chi connectivity index (χ1n) is 10.0. The van der Waals surface area contributed by atoms with E-state index in [-0.39, 0.29) is 5.92 Å². The monoisotopic (exact) mass is 363 g/mol. The zero-order valence-corrected chi connectivity index (χ0v) is 16.2. The molecule has 1 saturated heterocycles. The minimum Gasteiger partial charge on any atom is -0.373 e. The molecule has 27 heavy (non-hydrogen) atoms. The molecule has 0 saturated carbocycles. The van der Waals surface area contributed by atoms with E-state index in [1.54, 1.807) is 0 Å². The number of para-hydroxylation sites is 1. The Morgan fingerprint density at radius 3 is 2.63 bits per heavy atom. The van der Waals surface area contributed by atoms with Crippen LogP contribution >= 0.6 is 0 Å². The highest BCUT2D eigenvalue weighted by molar-refractivity contribution is 5.79. The van der Waals surface area contributed by atoms with Crippen LogP contribution in [0, 0.1) is 5.92 Å². The lowest BCUT2D eigenvalue weighted by molar-refractivity contribution is -0.137. The van der Waals surface area contributed by atoms with E-state index in [9.17, 15) is 4.79 Å². The summed E-state index contributed by atoms with van der Waals surface area (Å²) in [5, 5.41) is 0.